The van der Waals surface area contributed by atoms with Crippen molar-refractivity contribution in [3.8, 4) is 0 Å². The molecule has 0 aliphatic rings. The van der Waals surface area contributed by atoms with Crippen molar-refractivity contribution in [2.75, 3.05) is 5.32 Å². The molecule has 9 nitrogen and oxygen atoms in total. The van der Waals surface area contributed by atoms with Gasteiger partial charge >= 0.3 is 12.0 Å². The number of aromatic amines is 1. The van der Waals surface area contributed by atoms with Gasteiger partial charge in [0.2, 0.25) is 0 Å². The first-order valence-corrected chi connectivity index (χ1v) is 5.68. The van der Waals surface area contributed by atoms with E-state index in [2.05, 4.69) is 31.3 Å². The number of carboxylic acid groups (broad SMARTS) is 1. The lowest BCUT2D eigenvalue weighted by Gasteiger charge is -2.11. The number of aromatic carboxylic acids is 1. The third kappa shape index (κ3) is 3.07. The van der Waals surface area contributed by atoms with Crippen molar-refractivity contribution in [1.82, 2.24) is 25.9 Å². The summed E-state index contributed by atoms with van der Waals surface area (Å²) in [7, 11) is 0. The molecule has 0 unspecified atom stereocenters. The fraction of sp³-hybridized carbons (Fsp3) is 0.182. The van der Waals surface area contributed by atoms with Crippen LogP contribution in [0.15, 0.2) is 18.2 Å². The van der Waals surface area contributed by atoms with Gasteiger partial charge in [-0.2, -0.15) is 5.21 Å². The topological polar surface area (TPSA) is 133 Å². The summed E-state index contributed by atoms with van der Waals surface area (Å²) in [6, 6.07) is 4.19. The normalized spacial score (nSPS) is 10.1. The molecule has 2 aromatic rings. The number of rotatable bonds is 4. The second-order valence-electron chi connectivity index (χ2n) is 3.94. The van der Waals surface area contributed by atoms with Gasteiger partial charge in [0.05, 0.1) is 17.8 Å². The first-order chi connectivity index (χ1) is 9.58. The van der Waals surface area contributed by atoms with Crippen LogP contribution in [0.4, 0.5) is 10.5 Å². The van der Waals surface area contributed by atoms with Crippen LogP contribution in [-0.4, -0.2) is 37.7 Å². The number of H-pyrrole nitrogens is 1. The molecule has 0 saturated heterocycles. The molecule has 1 aromatic carbocycles. The lowest BCUT2D eigenvalue weighted by molar-refractivity contribution is 0.0698. The number of carboxylic acids is 1. The van der Waals surface area contributed by atoms with Gasteiger partial charge in [0, 0.05) is 0 Å². The zero-order valence-corrected chi connectivity index (χ0v) is 10.5. The van der Waals surface area contributed by atoms with Gasteiger partial charge in [-0.3, -0.25) is 0 Å². The standard InChI is InChI=1S/C11H12N6O3/c1-6-3-2-4-7(10(18)19)9(6)13-11(20)12-5-8-14-16-17-15-8/h2-4H,5H2,1H3,(H,18,19)(H2,12,13,20)(H,14,15,16,17). The third-order valence-corrected chi connectivity index (χ3v) is 2.54. The van der Waals surface area contributed by atoms with Crippen LogP contribution in [0.2, 0.25) is 0 Å². The molecule has 1 aromatic heterocycles. The van der Waals surface area contributed by atoms with Crippen LogP contribution in [0.5, 0.6) is 0 Å². The molecule has 0 atom stereocenters. The molecule has 0 saturated carbocycles. The summed E-state index contributed by atoms with van der Waals surface area (Å²) in [6.45, 7) is 1.79. The SMILES string of the molecule is Cc1cccc(C(=O)O)c1NC(=O)NCc1nn[nH]n1. The number of aryl methyl sites for hydroxylation is 1. The van der Waals surface area contributed by atoms with Gasteiger partial charge in [-0.15, -0.1) is 10.2 Å². The van der Waals surface area contributed by atoms with E-state index in [1.807, 2.05) is 0 Å². The minimum Gasteiger partial charge on any atom is -0.478 e. The molecule has 0 aliphatic heterocycles. The predicted molar refractivity (Wildman–Crippen MR) is 68.2 cm³/mol. The summed E-state index contributed by atoms with van der Waals surface area (Å²) in [5.74, 6) is -0.787. The number of benzene rings is 1. The molecule has 0 bridgehead atoms. The summed E-state index contributed by atoms with van der Waals surface area (Å²) in [5.41, 5.74) is 0.935. The number of hydrogen-bond acceptors (Lipinski definition) is 5. The first-order valence-electron chi connectivity index (χ1n) is 5.68. The Bertz CT molecular complexity index is 625. The first kappa shape index (κ1) is 13.5. The smallest absolute Gasteiger partial charge is 0.337 e. The van der Waals surface area contributed by atoms with Gasteiger partial charge in [-0.25, -0.2) is 9.59 Å². The highest BCUT2D eigenvalue weighted by Crippen LogP contribution is 2.20. The van der Waals surface area contributed by atoms with Crippen LogP contribution in [0, 0.1) is 6.92 Å². The number of carbonyl (C=O) groups is 2. The number of nitrogens with one attached hydrogen (secondary N) is 3. The van der Waals surface area contributed by atoms with Gasteiger partial charge in [-0.1, -0.05) is 17.3 Å². The van der Waals surface area contributed by atoms with E-state index in [0.717, 1.165) is 0 Å². The Balaban J connectivity index is 2.06. The summed E-state index contributed by atoms with van der Waals surface area (Å²) in [4.78, 5) is 22.8. The van der Waals surface area contributed by atoms with E-state index in [9.17, 15) is 9.59 Å². The highest BCUT2D eigenvalue weighted by Gasteiger charge is 2.14. The third-order valence-electron chi connectivity index (χ3n) is 2.54. The number of anilines is 1. The van der Waals surface area contributed by atoms with Gasteiger partial charge in [0.25, 0.3) is 0 Å². The molecule has 0 fully saturated rings. The number of urea groups is 1. The summed E-state index contributed by atoms with van der Waals surface area (Å²) in [6.07, 6.45) is 0. The summed E-state index contributed by atoms with van der Waals surface area (Å²) >= 11 is 0. The number of amides is 2. The minimum atomic E-state index is -1.11. The second-order valence-corrected chi connectivity index (χ2v) is 3.94. The molecule has 0 aliphatic carbocycles. The molecule has 9 heteroatoms. The number of para-hydroxylation sites is 1. The van der Waals surface area contributed by atoms with Crippen molar-refractivity contribution >= 4 is 17.7 Å². The zero-order chi connectivity index (χ0) is 14.5. The van der Waals surface area contributed by atoms with E-state index < -0.39 is 12.0 Å². The molecule has 104 valence electrons. The Kier molecular flexibility index (Phi) is 3.89. The maximum atomic E-state index is 11.7. The van der Waals surface area contributed by atoms with E-state index in [1.54, 1.807) is 19.1 Å². The van der Waals surface area contributed by atoms with Gasteiger partial charge < -0.3 is 15.7 Å². The average Bonchev–Trinajstić information content (AvgIpc) is 2.91. The maximum absolute atomic E-state index is 11.7. The summed E-state index contributed by atoms with van der Waals surface area (Å²) in [5, 5.41) is 27.0. The minimum absolute atomic E-state index is 0.0275. The maximum Gasteiger partial charge on any atom is 0.337 e. The summed E-state index contributed by atoms with van der Waals surface area (Å²) < 4.78 is 0. The number of hydrogen-bond donors (Lipinski definition) is 4. The quantitative estimate of drug-likeness (QED) is 0.643. The lowest BCUT2D eigenvalue weighted by atomic mass is 10.1. The molecule has 4 N–H and O–H groups in total. The Morgan fingerprint density at radius 3 is 2.85 bits per heavy atom. The predicted octanol–water partition coefficient (Wildman–Crippen LogP) is 0.528. The van der Waals surface area contributed by atoms with E-state index in [0.29, 0.717) is 11.4 Å². The fourth-order valence-electron chi connectivity index (χ4n) is 1.59. The van der Waals surface area contributed by atoms with Gasteiger partial charge in [0.1, 0.15) is 0 Å². The van der Waals surface area contributed by atoms with Crippen LogP contribution >= 0.6 is 0 Å². The molecule has 2 rings (SSSR count). The Morgan fingerprint density at radius 1 is 1.40 bits per heavy atom. The van der Waals surface area contributed by atoms with Crippen LogP contribution in [-0.2, 0) is 6.54 Å². The molecule has 0 spiro atoms. The molecule has 0 radical (unpaired) electrons. The average molecular weight is 276 g/mol. The van der Waals surface area contributed by atoms with Crippen LogP contribution < -0.4 is 10.6 Å². The number of tetrazole rings is 1. The van der Waals surface area contributed by atoms with Crippen LogP contribution in [0.25, 0.3) is 0 Å². The van der Waals surface area contributed by atoms with E-state index in [-0.39, 0.29) is 17.8 Å². The Morgan fingerprint density at radius 2 is 2.20 bits per heavy atom. The molecule has 20 heavy (non-hydrogen) atoms. The van der Waals surface area contributed by atoms with E-state index >= 15 is 0 Å². The van der Waals surface area contributed by atoms with Crippen molar-refractivity contribution in [1.29, 1.82) is 0 Å². The number of nitrogens with zero attached hydrogens (tertiary/aromatic N) is 3. The van der Waals surface area contributed by atoms with Crippen molar-refractivity contribution in [2.45, 2.75) is 13.5 Å². The van der Waals surface area contributed by atoms with Crippen molar-refractivity contribution in [2.24, 2.45) is 0 Å². The van der Waals surface area contributed by atoms with Gasteiger partial charge in [-0.05, 0) is 18.6 Å². The Labute approximate surface area is 113 Å². The van der Waals surface area contributed by atoms with Crippen LogP contribution in [0.1, 0.15) is 21.7 Å². The molecular formula is C11H12N6O3. The fourth-order valence-corrected chi connectivity index (χ4v) is 1.59. The largest absolute Gasteiger partial charge is 0.478 e. The Hall–Kier alpha value is -2.97. The van der Waals surface area contributed by atoms with E-state index in [4.69, 9.17) is 5.11 Å². The van der Waals surface area contributed by atoms with E-state index in [1.165, 1.54) is 6.07 Å². The molecular weight excluding hydrogens is 264 g/mol. The monoisotopic (exact) mass is 276 g/mol. The molecule has 1 heterocycles. The highest BCUT2D eigenvalue weighted by molar-refractivity contribution is 6.00. The van der Waals surface area contributed by atoms with Crippen molar-refractivity contribution in [3.63, 3.8) is 0 Å². The number of aromatic nitrogens is 4. The van der Waals surface area contributed by atoms with Gasteiger partial charge in [0.15, 0.2) is 5.82 Å². The highest BCUT2D eigenvalue weighted by atomic mass is 16.4. The number of carbonyl (C=O) groups excluding carboxylic acids is 1. The molecule has 2 amide bonds. The lowest BCUT2D eigenvalue weighted by Crippen LogP contribution is -2.29. The van der Waals surface area contributed by atoms with Crippen molar-refractivity contribution in [3.05, 3.63) is 35.2 Å². The zero-order valence-electron chi connectivity index (χ0n) is 10.5. The second kappa shape index (κ2) is 5.78. The van der Waals surface area contributed by atoms with Crippen molar-refractivity contribution < 1.29 is 14.7 Å². The van der Waals surface area contributed by atoms with Crippen LogP contribution in [0.3, 0.4) is 0 Å².